The van der Waals surface area contributed by atoms with Crippen LogP contribution in [-0.2, 0) is 0 Å². The van der Waals surface area contributed by atoms with Gasteiger partial charge in [0.2, 0.25) is 0 Å². The quantitative estimate of drug-likeness (QED) is 0.589. The molecule has 0 aromatic rings. The van der Waals surface area contributed by atoms with Crippen molar-refractivity contribution >= 4 is 0 Å². The topological polar surface area (TPSA) is 15.3 Å². The third kappa shape index (κ3) is 7.45. The lowest BCUT2D eigenvalue weighted by molar-refractivity contribution is 0.430. The van der Waals surface area contributed by atoms with Crippen LogP contribution in [-0.4, -0.2) is 25.5 Å². The number of hydrogen-bond donors (Lipinski definition) is 1. The van der Waals surface area contributed by atoms with Crippen LogP contribution in [0, 0.1) is 0 Å². The molecule has 0 aromatic heterocycles. The molecule has 0 radical (unpaired) electrons. The van der Waals surface area contributed by atoms with Gasteiger partial charge in [-0.3, -0.25) is 0 Å². The van der Waals surface area contributed by atoms with Crippen molar-refractivity contribution in [2.75, 3.05) is 20.6 Å². The summed E-state index contributed by atoms with van der Waals surface area (Å²) in [6.07, 6.45) is 9.37. The van der Waals surface area contributed by atoms with Gasteiger partial charge in [0.15, 0.2) is 0 Å². The zero-order valence-corrected chi connectivity index (χ0v) is 8.64. The third-order valence-corrected chi connectivity index (χ3v) is 1.86. The summed E-state index contributed by atoms with van der Waals surface area (Å²) in [7, 11) is 4.03. The van der Waals surface area contributed by atoms with Gasteiger partial charge in [-0.05, 0) is 6.42 Å². The summed E-state index contributed by atoms with van der Waals surface area (Å²) in [5.74, 6) is 0. The van der Waals surface area contributed by atoms with Crippen molar-refractivity contribution in [3.05, 3.63) is 12.4 Å². The minimum Gasteiger partial charge on any atom is -0.393 e. The number of unbranched alkanes of at least 4 members (excludes halogenated alkanes) is 3. The number of hydrogen-bond acceptors (Lipinski definition) is 2. The SMILES string of the molecule is CCCCCCN(C)/C=C\NC. The second-order valence-corrected chi connectivity index (χ2v) is 3.15. The molecule has 0 aliphatic carbocycles. The van der Waals surface area contributed by atoms with E-state index in [9.17, 15) is 0 Å². The first-order valence-corrected chi connectivity index (χ1v) is 4.85. The first-order chi connectivity index (χ1) is 5.81. The monoisotopic (exact) mass is 170 g/mol. The molecule has 2 nitrogen and oxygen atoms in total. The molecular formula is C10H22N2. The van der Waals surface area contributed by atoms with Crippen molar-refractivity contribution in [1.29, 1.82) is 0 Å². The minimum absolute atomic E-state index is 1.16. The predicted molar refractivity (Wildman–Crippen MR) is 55.0 cm³/mol. The molecule has 2 heteroatoms. The van der Waals surface area contributed by atoms with Crippen molar-refractivity contribution < 1.29 is 0 Å². The average molecular weight is 170 g/mol. The van der Waals surface area contributed by atoms with Crippen LogP contribution in [0.15, 0.2) is 12.4 Å². The Morgan fingerprint density at radius 1 is 1.25 bits per heavy atom. The van der Waals surface area contributed by atoms with E-state index < -0.39 is 0 Å². The smallest absolute Gasteiger partial charge is 0.0169 e. The number of nitrogens with zero attached hydrogens (tertiary/aromatic N) is 1. The molecule has 0 heterocycles. The van der Waals surface area contributed by atoms with Crippen molar-refractivity contribution in [3.8, 4) is 0 Å². The minimum atomic E-state index is 1.16. The lowest BCUT2D eigenvalue weighted by atomic mass is 10.2. The highest BCUT2D eigenvalue weighted by molar-refractivity contribution is 4.76. The normalized spacial score (nSPS) is 10.6. The fraction of sp³-hybridized carbons (Fsp3) is 0.800. The number of rotatable bonds is 7. The van der Waals surface area contributed by atoms with Crippen LogP contribution < -0.4 is 5.32 Å². The Morgan fingerprint density at radius 2 is 2.00 bits per heavy atom. The molecule has 1 N–H and O–H groups in total. The molecule has 0 bridgehead atoms. The van der Waals surface area contributed by atoms with Gasteiger partial charge >= 0.3 is 0 Å². The van der Waals surface area contributed by atoms with E-state index in [1.165, 1.54) is 25.7 Å². The summed E-state index contributed by atoms with van der Waals surface area (Å²) in [5.41, 5.74) is 0. The molecule has 72 valence electrons. The Labute approximate surface area is 76.6 Å². The highest BCUT2D eigenvalue weighted by Crippen LogP contribution is 1.99. The van der Waals surface area contributed by atoms with Crippen LogP contribution in [0.25, 0.3) is 0 Å². The lowest BCUT2D eigenvalue weighted by Gasteiger charge is -2.12. The van der Waals surface area contributed by atoms with Crippen LogP contribution in [0.3, 0.4) is 0 Å². The summed E-state index contributed by atoms with van der Waals surface area (Å²) >= 11 is 0. The Bertz CT molecular complexity index is 110. The first kappa shape index (κ1) is 11.3. The van der Waals surface area contributed by atoms with Crippen molar-refractivity contribution in [3.63, 3.8) is 0 Å². The number of nitrogens with one attached hydrogen (secondary N) is 1. The summed E-state index contributed by atoms with van der Waals surface area (Å²) in [6, 6.07) is 0. The van der Waals surface area contributed by atoms with Gasteiger partial charge in [-0.2, -0.15) is 0 Å². The molecule has 0 saturated heterocycles. The largest absolute Gasteiger partial charge is 0.393 e. The summed E-state index contributed by atoms with van der Waals surface area (Å²) in [6.45, 7) is 3.41. The molecule has 0 aliphatic heterocycles. The van der Waals surface area contributed by atoms with E-state index >= 15 is 0 Å². The van der Waals surface area contributed by atoms with E-state index in [1.807, 2.05) is 13.2 Å². The van der Waals surface area contributed by atoms with E-state index in [4.69, 9.17) is 0 Å². The first-order valence-electron chi connectivity index (χ1n) is 4.85. The molecule has 0 amide bonds. The molecule has 12 heavy (non-hydrogen) atoms. The van der Waals surface area contributed by atoms with E-state index in [2.05, 4.69) is 30.4 Å². The molecule has 0 aliphatic rings. The Balaban J connectivity index is 3.19. The van der Waals surface area contributed by atoms with E-state index in [0.29, 0.717) is 0 Å². The van der Waals surface area contributed by atoms with Crippen LogP contribution in [0.2, 0.25) is 0 Å². The van der Waals surface area contributed by atoms with Gasteiger partial charge in [0.1, 0.15) is 0 Å². The Hall–Kier alpha value is -0.660. The molecular weight excluding hydrogens is 148 g/mol. The summed E-state index contributed by atoms with van der Waals surface area (Å²) in [4.78, 5) is 2.21. The zero-order chi connectivity index (χ0) is 9.23. The summed E-state index contributed by atoms with van der Waals surface area (Å²) < 4.78 is 0. The van der Waals surface area contributed by atoms with Crippen molar-refractivity contribution in [2.45, 2.75) is 32.6 Å². The van der Waals surface area contributed by atoms with E-state index in [1.54, 1.807) is 0 Å². The maximum atomic E-state index is 2.98. The van der Waals surface area contributed by atoms with Gasteiger partial charge in [0.25, 0.3) is 0 Å². The maximum Gasteiger partial charge on any atom is 0.0169 e. The maximum absolute atomic E-state index is 2.98. The molecule has 0 unspecified atom stereocenters. The molecule has 0 atom stereocenters. The highest BCUT2D eigenvalue weighted by Gasteiger charge is 1.90. The Morgan fingerprint density at radius 3 is 2.58 bits per heavy atom. The van der Waals surface area contributed by atoms with Gasteiger partial charge in [-0.1, -0.05) is 26.2 Å². The Kier molecular flexibility index (Phi) is 7.97. The van der Waals surface area contributed by atoms with E-state index in [0.717, 1.165) is 6.54 Å². The highest BCUT2D eigenvalue weighted by atomic mass is 15.1. The molecule has 0 rings (SSSR count). The molecule has 0 fully saturated rings. The van der Waals surface area contributed by atoms with Gasteiger partial charge in [0, 0.05) is 33.0 Å². The predicted octanol–water partition coefficient (Wildman–Crippen LogP) is 2.19. The lowest BCUT2D eigenvalue weighted by Crippen LogP contribution is -2.13. The standard InChI is InChI=1S/C10H22N2/c1-4-5-6-7-9-12(3)10-8-11-2/h8,10-11H,4-7,9H2,1-3H3/b10-8-. The fourth-order valence-electron chi connectivity index (χ4n) is 1.06. The van der Waals surface area contributed by atoms with Crippen LogP contribution in [0.1, 0.15) is 32.6 Å². The second-order valence-electron chi connectivity index (χ2n) is 3.15. The van der Waals surface area contributed by atoms with Crippen LogP contribution >= 0.6 is 0 Å². The second kappa shape index (κ2) is 8.44. The third-order valence-electron chi connectivity index (χ3n) is 1.86. The van der Waals surface area contributed by atoms with Gasteiger partial charge in [-0.25, -0.2) is 0 Å². The molecule has 0 saturated carbocycles. The van der Waals surface area contributed by atoms with Crippen molar-refractivity contribution in [2.24, 2.45) is 0 Å². The van der Waals surface area contributed by atoms with Gasteiger partial charge < -0.3 is 10.2 Å². The van der Waals surface area contributed by atoms with Crippen LogP contribution in [0.5, 0.6) is 0 Å². The van der Waals surface area contributed by atoms with Gasteiger partial charge in [-0.15, -0.1) is 0 Å². The fourth-order valence-corrected chi connectivity index (χ4v) is 1.06. The molecule has 0 aromatic carbocycles. The van der Waals surface area contributed by atoms with Gasteiger partial charge in [0.05, 0.1) is 0 Å². The van der Waals surface area contributed by atoms with E-state index in [-0.39, 0.29) is 0 Å². The average Bonchev–Trinajstić information content (AvgIpc) is 2.09. The summed E-state index contributed by atoms with van der Waals surface area (Å²) in [5, 5.41) is 2.98. The molecule has 0 spiro atoms. The zero-order valence-electron chi connectivity index (χ0n) is 8.64. The van der Waals surface area contributed by atoms with Crippen LogP contribution in [0.4, 0.5) is 0 Å². The van der Waals surface area contributed by atoms with Crippen molar-refractivity contribution in [1.82, 2.24) is 10.2 Å².